The van der Waals surface area contributed by atoms with E-state index in [9.17, 15) is 18.0 Å². The Balaban J connectivity index is 1.23. The van der Waals surface area contributed by atoms with E-state index in [1.807, 2.05) is 17.9 Å². The molecule has 2 aliphatic rings. The third-order valence-electron chi connectivity index (χ3n) is 6.09. The smallest absolute Gasteiger partial charge is 0.406 e. The van der Waals surface area contributed by atoms with Gasteiger partial charge in [-0.3, -0.25) is 9.69 Å². The zero-order valence-corrected chi connectivity index (χ0v) is 18.1. The molecule has 0 spiro atoms. The maximum Gasteiger partial charge on any atom is 0.573 e. The van der Waals surface area contributed by atoms with Crippen LogP contribution in [0.1, 0.15) is 46.1 Å². The minimum atomic E-state index is -4.70. The molecule has 1 saturated heterocycles. The molecule has 3 aromatic rings. The summed E-state index contributed by atoms with van der Waals surface area (Å²) in [6.07, 6.45) is -2.56. The van der Waals surface area contributed by atoms with E-state index >= 15 is 0 Å². The van der Waals surface area contributed by atoms with Crippen LogP contribution in [0.5, 0.6) is 5.75 Å². The molecular weight excluding hydrogens is 437 g/mol. The lowest BCUT2D eigenvalue weighted by Gasteiger charge is -2.35. The fourth-order valence-corrected chi connectivity index (χ4v) is 4.20. The lowest BCUT2D eigenvalue weighted by molar-refractivity contribution is -0.274. The number of carbonyl (C=O) groups excluding carboxylic acids is 1. The van der Waals surface area contributed by atoms with Crippen molar-refractivity contribution in [1.29, 1.82) is 0 Å². The first kappa shape index (κ1) is 21.7. The molecule has 0 atom stereocenters. The number of alkyl halides is 3. The third kappa shape index (κ3) is 4.80. The molecule has 7 nitrogen and oxygen atoms in total. The van der Waals surface area contributed by atoms with Crippen LogP contribution in [0.4, 0.5) is 13.2 Å². The molecule has 0 unspecified atom stereocenters. The summed E-state index contributed by atoms with van der Waals surface area (Å²) in [4.78, 5) is 21.9. The number of hydrogen-bond acceptors (Lipinski definition) is 6. The van der Waals surface area contributed by atoms with Crippen LogP contribution in [0.3, 0.4) is 0 Å². The molecule has 0 bridgehead atoms. The number of halogens is 3. The average molecular weight is 460 g/mol. The van der Waals surface area contributed by atoms with Crippen LogP contribution >= 0.6 is 0 Å². The fraction of sp³-hybridized carbons (Fsp3) is 0.435. The van der Waals surface area contributed by atoms with Crippen molar-refractivity contribution in [2.75, 3.05) is 26.2 Å². The van der Waals surface area contributed by atoms with Gasteiger partial charge in [0.25, 0.3) is 11.6 Å². The summed E-state index contributed by atoms with van der Waals surface area (Å²) in [5, 5.41) is 4.68. The van der Waals surface area contributed by atoms with Crippen LogP contribution in [0.25, 0.3) is 11.1 Å². The van der Waals surface area contributed by atoms with E-state index in [1.54, 1.807) is 12.1 Å². The van der Waals surface area contributed by atoms with E-state index in [0.29, 0.717) is 61.0 Å². The number of hydrogen-bond donors (Lipinski definition) is 0. The van der Waals surface area contributed by atoms with Gasteiger partial charge in [0.15, 0.2) is 0 Å². The molecule has 1 aliphatic carbocycles. The molecule has 10 heteroatoms. The predicted octanol–water partition coefficient (Wildman–Crippen LogP) is 4.27. The monoisotopic (exact) mass is 460 g/mol. The van der Waals surface area contributed by atoms with Crippen molar-refractivity contribution in [3.8, 4) is 5.75 Å². The molecule has 1 amide bonds. The van der Waals surface area contributed by atoms with Gasteiger partial charge in [-0.1, -0.05) is 17.3 Å². The molecule has 33 heavy (non-hydrogen) atoms. The fourth-order valence-electron chi connectivity index (χ4n) is 4.20. The zero-order chi connectivity index (χ0) is 23.2. The van der Waals surface area contributed by atoms with Crippen LogP contribution in [0, 0.1) is 6.92 Å². The highest BCUT2D eigenvalue weighted by Crippen LogP contribution is 2.40. The Morgan fingerprint density at radius 3 is 2.48 bits per heavy atom. The van der Waals surface area contributed by atoms with E-state index in [-0.39, 0.29) is 11.7 Å². The van der Waals surface area contributed by atoms with Gasteiger partial charge in [0.05, 0.1) is 16.6 Å². The van der Waals surface area contributed by atoms with Crippen molar-refractivity contribution < 1.29 is 27.2 Å². The Bertz CT molecular complexity index is 1160. The summed E-state index contributed by atoms with van der Waals surface area (Å²) in [6.45, 7) is 4.84. The number of ether oxygens (including phenoxy) is 1. The molecule has 1 saturated carbocycles. The van der Waals surface area contributed by atoms with Crippen LogP contribution in [0.2, 0.25) is 0 Å². The molecule has 0 N–H and O–H groups in total. The highest BCUT2D eigenvalue weighted by Gasteiger charge is 2.32. The number of pyridine rings is 1. The lowest BCUT2D eigenvalue weighted by atomic mass is 10.1. The highest BCUT2D eigenvalue weighted by molar-refractivity contribution is 6.06. The number of fused-ring (bicyclic) bond motifs is 1. The number of piperazine rings is 1. The van der Waals surface area contributed by atoms with E-state index in [4.69, 9.17) is 4.52 Å². The predicted molar refractivity (Wildman–Crippen MR) is 113 cm³/mol. The molecule has 2 aromatic heterocycles. The number of carbonyl (C=O) groups is 1. The van der Waals surface area contributed by atoms with Crippen molar-refractivity contribution in [3.63, 3.8) is 0 Å². The number of benzene rings is 1. The quantitative estimate of drug-likeness (QED) is 0.567. The van der Waals surface area contributed by atoms with Gasteiger partial charge in [-0.15, -0.1) is 13.2 Å². The van der Waals surface area contributed by atoms with Crippen LogP contribution in [-0.2, 0) is 6.54 Å². The average Bonchev–Trinajstić information content (AvgIpc) is 3.57. The van der Waals surface area contributed by atoms with Gasteiger partial charge in [0.1, 0.15) is 5.75 Å². The maximum atomic E-state index is 13.4. The number of rotatable bonds is 5. The minimum Gasteiger partial charge on any atom is -0.406 e. The van der Waals surface area contributed by atoms with E-state index < -0.39 is 6.36 Å². The second-order valence-corrected chi connectivity index (χ2v) is 8.58. The summed E-state index contributed by atoms with van der Waals surface area (Å²) < 4.78 is 46.2. The minimum absolute atomic E-state index is 0.0519. The van der Waals surface area contributed by atoms with Gasteiger partial charge in [-0.25, -0.2) is 4.98 Å². The van der Waals surface area contributed by atoms with Gasteiger partial charge in [-0.05, 0) is 43.5 Å². The Labute approximate surface area is 188 Å². The summed E-state index contributed by atoms with van der Waals surface area (Å²) >= 11 is 0. The Kier molecular flexibility index (Phi) is 5.48. The summed E-state index contributed by atoms with van der Waals surface area (Å²) in [5.41, 5.74) is 3.43. The van der Waals surface area contributed by atoms with Crippen LogP contribution in [0.15, 0.2) is 34.9 Å². The molecule has 3 heterocycles. The molecule has 1 aliphatic heterocycles. The van der Waals surface area contributed by atoms with Gasteiger partial charge in [-0.2, -0.15) is 0 Å². The molecule has 5 rings (SSSR count). The molecule has 0 radical (unpaired) electrons. The van der Waals surface area contributed by atoms with Crippen molar-refractivity contribution in [3.05, 3.63) is 52.8 Å². The van der Waals surface area contributed by atoms with Crippen molar-refractivity contribution in [2.24, 2.45) is 0 Å². The largest absolute Gasteiger partial charge is 0.573 e. The molecule has 2 fully saturated rings. The second kappa shape index (κ2) is 8.33. The Morgan fingerprint density at radius 2 is 1.85 bits per heavy atom. The Hall–Kier alpha value is -3.14. The van der Waals surface area contributed by atoms with E-state index in [0.717, 1.165) is 24.1 Å². The summed E-state index contributed by atoms with van der Waals surface area (Å²) in [5.74, 6) is 0.0972. The van der Waals surface area contributed by atoms with Crippen LogP contribution < -0.4 is 4.74 Å². The maximum absolute atomic E-state index is 13.4. The second-order valence-electron chi connectivity index (χ2n) is 8.58. The third-order valence-corrected chi connectivity index (χ3v) is 6.09. The number of aryl methyl sites for hydroxylation is 1. The van der Waals surface area contributed by atoms with Gasteiger partial charge >= 0.3 is 6.36 Å². The van der Waals surface area contributed by atoms with Gasteiger partial charge in [0, 0.05) is 44.3 Å². The summed E-state index contributed by atoms with van der Waals surface area (Å²) in [6, 6.07) is 7.77. The number of amides is 1. The van der Waals surface area contributed by atoms with Crippen LogP contribution in [-0.4, -0.2) is 58.4 Å². The topological polar surface area (TPSA) is 71.7 Å². The first-order chi connectivity index (χ1) is 15.8. The standard InChI is InChI=1S/C23H23F3N4O3/c1-14-20-18(12-19(16-4-5-16)27-21(20)33-28-14)22(31)30-10-8-29(9-11-30)13-15-2-6-17(7-3-15)32-23(24,25)26/h2-3,6-7,12,16H,4-5,8-11,13H2,1H3. The number of aromatic nitrogens is 2. The lowest BCUT2D eigenvalue weighted by Crippen LogP contribution is -2.48. The number of nitrogens with zero attached hydrogens (tertiary/aromatic N) is 4. The first-order valence-electron chi connectivity index (χ1n) is 10.9. The normalized spacial score (nSPS) is 17.5. The SMILES string of the molecule is Cc1noc2nc(C3CC3)cc(C(=O)N3CCN(Cc4ccc(OC(F)(F)F)cc4)CC3)c12. The highest BCUT2D eigenvalue weighted by atomic mass is 19.4. The molecule has 174 valence electrons. The Morgan fingerprint density at radius 1 is 1.15 bits per heavy atom. The van der Waals surface area contributed by atoms with E-state index in [1.165, 1.54) is 12.1 Å². The van der Waals surface area contributed by atoms with Gasteiger partial charge < -0.3 is 14.2 Å². The van der Waals surface area contributed by atoms with Crippen molar-refractivity contribution in [2.45, 2.75) is 38.6 Å². The van der Waals surface area contributed by atoms with Crippen molar-refractivity contribution >= 4 is 17.0 Å². The molecular formula is C23H23F3N4O3. The summed E-state index contributed by atoms with van der Waals surface area (Å²) in [7, 11) is 0. The first-order valence-corrected chi connectivity index (χ1v) is 10.9. The van der Waals surface area contributed by atoms with Gasteiger partial charge in [0.2, 0.25) is 0 Å². The molecule has 1 aromatic carbocycles. The van der Waals surface area contributed by atoms with E-state index in [2.05, 4.69) is 19.8 Å². The zero-order valence-electron chi connectivity index (χ0n) is 18.1. The van der Waals surface area contributed by atoms with Crippen molar-refractivity contribution in [1.82, 2.24) is 19.9 Å².